The van der Waals surface area contributed by atoms with E-state index in [0.29, 0.717) is 56.1 Å². The number of hydrogen-bond donors (Lipinski definition) is 0. The second-order valence-electron chi connectivity index (χ2n) is 9.63. The zero-order valence-electron chi connectivity index (χ0n) is 24.3. The van der Waals surface area contributed by atoms with E-state index in [1.54, 1.807) is 43.7 Å². The molecule has 1 atom stereocenters. The summed E-state index contributed by atoms with van der Waals surface area (Å²) in [5, 5.41) is 0.663. The maximum atomic E-state index is 13.9. The monoisotopic (exact) mass is 618 g/mol. The molecular weight excluding hydrogens is 588 g/mol. The van der Waals surface area contributed by atoms with Crippen molar-refractivity contribution in [2.75, 3.05) is 20.3 Å². The zero-order chi connectivity index (χ0) is 30.5. The number of carbonyl (C=O) groups is 1. The lowest BCUT2D eigenvalue weighted by Gasteiger charge is -2.24. The lowest BCUT2D eigenvalue weighted by atomic mass is 9.96. The minimum absolute atomic E-state index is 0.205. The molecule has 0 aliphatic carbocycles. The van der Waals surface area contributed by atoms with Gasteiger partial charge in [0.25, 0.3) is 5.56 Å². The Bertz CT molecular complexity index is 1840. The van der Waals surface area contributed by atoms with Crippen molar-refractivity contribution in [1.82, 2.24) is 4.57 Å². The van der Waals surface area contributed by atoms with Crippen LogP contribution in [0.1, 0.15) is 43.5 Å². The molecule has 0 unspecified atom stereocenters. The van der Waals surface area contributed by atoms with E-state index in [1.807, 2.05) is 61.5 Å². The molecule has 4 aromatic rings. The van der Waals surface area contributed by atoms with E-state index in [4.69, 9.17) is 30.5 Å². The molecule has 5 rings (SSSR count). The Labute approximate surface area is 258 Å². The van der Waals surface area contributed by atoms with Gasteiger partial charge in [0.15, 0.2) is 16.3 Å². The predicted octanol–water partition coefficient (Wildman–Crippen LogP) is 5.44. The number of allylic oxidation sites excluding steroid dienone is 1. The first kappa shape index (κ1) is 30.1. The summed E-state index contributed by atoms with van der Waals surface area (Å²) in [5.41, 5.74) is 3.04. The summed E-state index contributed by atoms with van der Waals surface area (Å²) in [6.45, 7) is 6.41. The van der Waals surface area contributed by atoms with Crippen molar-refractivity contribution in [3.8, 4) is 17.2 Å². The van der Waals surface area contributed by atoms with Gasteiger partial charge in [-0.15, -0.1) is 0 Å². The number of hydrogen-bond acceptors (Lipinski definition) is 8. The van der Waals surface area contributed by atoms with Gasteiger partial charge in [0.1, 0.15) is 12.4 Å². The van der Waals surface area contributed by atoms with E-state index in [0.717, 1.165) is 16.7 Å². The Morgan fingerprint density at radius 1 is 1.00 bits per heavy atom. The smallest absolute Gasteiger partial charge is 0.338 e. The molecule has 1 aliphatic heterocycles. The number of ether oxygens (including phenoxy) is 4. The number of rotatable bonds is 10. The van der Waals surface area contributed by atoms with Crippen LogP contribution < -0.4 is 29.1 Å². The van der Waals surface area contributed by atoms with Gasteiger partial charge in [-0.05, 0) is 79.9 Å². The van der Waals surface area contributed by atoms with Crippen molar-refractivity contribution < 1.29 is 23.7 Å². The van der Waals surface area contributed by atoms with E-state index in [-0.39, 0.29) is 12.2 Å². The fraction of sp³-hybridized carbons (Fsp3) is 0.242. The molecule has 0 fully saturated rings. The van der Waals surface area contributed by atoms with E-state index < -0.39 is 12.0 Å². The Balaban J connectivity index is 1.54. The van der Waals surface area contributed by atoms with Crippen molar-refractivity contribution in [2.24, 2.45) is 4.99 Å². The Hall–Kier alpha value is -4.34. The van der Waals surface area contributed by atoms with Crippen molar-refractivity contribution in [1.29, 1.82) is 0 Å². The molecule has 0 radical (unpaired) electrons. The van der Waals surface area contributed by atoms with Gasteiger partial charge in [-0.2, -0.15) is 0 Å². The molecule has 0 N–H and O–H groups in total. The van der Waals surface area contributed by atoms with Crippen LogP contribution in [0.2, 0.25) is 5.02 Å². The summed E-state index contributed by atoms with van der Waals surface area (Å²) in [6, 6.07) is 19.6. The van der Waals surface area contributed by atoms with Gasteiger partial charge in [0.2, 0.25) is 0 Å². The highest BCUT2D eigenvalue weighted by Gasteiger charge is 2.33. The number of esters is 1. The molecule has 3 aromatic carbocycles. The molecule has 0 saturated carbocycles. The SMILES string of the molecule is CCOC(=O)C1=C(C)N=c2s/c(=C/c3ccc(OCc4ccc(Cl)cc4)c(OCC)c3)c(=O)n2[C@@H]1c1ccc(OC)cc1. The minimum Gasteiger partial charge on any atom is -0.497 e. The number of benzene rings is 3. The molecule has 43 heavy (non-hydrogen) atoms. The number of halogens is 1. The van der Waals surface area contributed by atoms with E-state index in [2.05, 4.69) is 4.99 Å². The van der Waals surface area contributed by atoms with Gasteiger partial charge in [0, 0.05) is 5.02 Å². The Morgan fingerprint density at radius 3 is 2.42 bits per heavy atom. The quantitative estimate of drug-likeness (QED) is 0.220. The second kappa shape index (κ2) is 13.3. The van der Waals surface area contributed by atoms with Gasteiger partial charge in [-0.25, -0.2) is 9.79 Å². The molecule has 0 spiro atoms. The summed E-state index contributed by atoms with van der Waals surface area (Å²) < 4.78 is 24.6. The van der Waals surface area contributed by atoms with Gasteiger partial charge < -0.3 is 18.9 Å². The minimum atomic E-state index is -0.703. The molecule has 0 saturated heterocycles. The molecule has 0 amide bonds. The largest absolute Gasteiger partial charge is 0.497 e. The highest BCUT2D eigenvalue weighted by molar-refractivity contribution is 7.07. The number of fused-ring (bicyclic) bond motifs is 1. The summed E-state index contributed by atoms with van der Waals surface area (Å²) in [4.78, 5) is 32.2. The predicted molar refractivity (Wildman–Crippen MR) is 167 cm³/mol. The molecule has 1 aliphatic rings. The summed E-state index contributed by atoms with van der Waals surface area (Å²) >= 11 is 7.25. The lowest BCUT2D eigenvalue weighted by molar-refractivity contribution is -0.139. The van der Waals surface area contributed by atoms with E-state index >= 15 is 0 Å². The molecular formula is C33H31ClN2O6S. The molecule has 8 nitrogen and oxygen atoms in total. The number of nitrogens with zero attached hydrogens (tertiary/aromatic N) is 2. The summed E-state index contributed by atoms with van der Waals surface area (Å²) in [5.74, 6) is 1.31. The molecule has 10 heteroatoms. The fourth-order valence-electron chi connectivity index (χ4n) is 4.79. The van der Waals surface area contributed by atoms with Crippen molar-refractivity contribution in [3.05, 3.63) is 119 Å². The van der Waals surface area contributed by atoms with Crippen LogP contribution in [0.3, 0.4) is 0 Å². The molecule has 222 valence electrons. The van der Waals surface area contributed by atoms with Crippen LogP contribution in [0, 0.1) is 0 Å². The number of thiazole rings is 1. The standard InChI is InChI=1S/C33H31ClN2O6S/c1-5-40-27-17-22(9-16-26(27)42-19-21-7-12-24(34)13-8-21)18-28-31(37)36-30(23-10-14-25(39-4)15-11-23)29(32(38)41-6-2)20(3)35-33(36)43-28/h7-18,30H,5-6,19H2,1-4H3/b28-18+/t30-/m1/s1. The highest BCUT2D eigenvalue weighted by Crippen LogP contribution is 2.32. The van der Waals surface area contributed by atoms with Gasteiger partial charge in [0.05, 0.1) is 42.2 Å². The molecule has 0 bridgehead atoms. The van der Waals surface area contributed by atoms with E-state index in [9.17, 15) is 9.59 Å². The zero-order valence-corrected chi connectivity index (χ0v) is 25.8. The van der Waals surface area contributed by atoms with Crippen LogP contribution >= 0.6 is 22.9 Å². The Kier molecular flexibility index (Phi) is 9.33. The van der Waals surface area contributed by atoms with Crippen LogP contribution in [0.5, 0.6) is 17.2 Å². The third-order valence-corrected chi connectivity index (χ3v) is 8.06. The number of methoxy groups -OCH3 is 1. The first-order chi connectivity index (χ1) is 20.8. The van der Waals surface area contributed by atoms with Crippen molar-refractivity contribution in [3.63, 3.8) is 0 Å². The van der Waals surface area contributed by atoms with Crippen LogP contribution in [-0.2, 0) is 16.1 Å². The maximum absolute atomic E-state index is 13.9. The normalized spacial score (nSPS) is 14.6. The lowest BCUT2D eigenvalue weighted by Crippen LogP contribution is -2.39. The van der Waals surface area contributed by atoms with Crippen LogP contribution in [0.4, 0.5) is 0 Å². The van der Waals surface area contributed by atoms with Crippen molar-refractivity contribution in [2.45, 2.75) is 33.4 Å². The topological polar surface area (TPSA) is 88.4 Å². The Morgan fingerprint density at radius 2 is 1.74 bits per heavy atom. The average Bonchev–Trinajstić information content (AvgIpc) is 3.31. The molecule has 1 aromatic heterocycles. The first-order valence-electron chi connectivity index (χ1n) is 13.8. The van der Waals surface area contributed by atoms with Gasteiger partial charge >= 0.3 is 5.97 Å². The maximum Gasteiger partial charge on any atom is 0.338 e. The van der Waals surface area contributed by atoms with E-state index in [1.165, 1.54) is 11.3 Å². The summed E-state index contributed by atoms with van der Waals surface area (Å²) in [7, 11) is 1.58. The average molecular weight is 619 g/mol. The third-order valence-electron chi connectivity index (χ3n) is 6.82. The highest BCUT2D eigenvalue weighted by atomic mass is 35.5. The number of aromatic nitrogens is 1. The fourth-order valence-corrected chi connectivity index (χ4v) is 5.96. The first-order valence-corrected chi connectivity index (χ1v) is 15.0. The summed E-state index contributed by atoms with van der Waals surface area (Å²) in [6.07, 6.45) is 1.80. The van der Waals surface area contributed by atoms with Crippen LogP contribution in [-0.4, -0.2) is 30.9 Å². The van der Waals surface area contributed by atoms with Crippen molar-refractivity contribution >= 4 is 35.0 Å². The van der Waals surface area contributed by atoms with Gasteiger partial charge in [-0.3, -0.25) is 9.36 Å². The third kappa shape index (κ3) is 6.53. The van der Waals surface area contributed by atoms with Crippen LogP contribution in [0.15, 0.2) is 87.8 Å². The van der Waals surface area contributed by atoms with Gasteiger partial charge in [-0.1, -0.05) is 53.3 Å². The van der Waals surface area contributed by atoms with Crippen LogP contribution in [0.25, 0.3) is 6.08 Å². The molecule has 2 heterocycles. The second-order valence-corrected chi connectivity index (χ2v) is 11.1. The number of carbonyl (C=O) groups excluding carboxylic acids is 1.